The summed E-state index contributed by atoms with van der Waals surface area (Å²) >= 11 is 0. The Labute approximate surface area is 108 Å². The first-order chi connectivity index (χ1) is 8.41. The standard InChI is InChI=1S/C15H20O3/c1-15(2,3)13(16)10-7-11-18-14(17)12-8-5-4-6-9-12/h4-6,8-9H,7,10-11H2,1-3H3. The third kappa shape index (κ3) is 4.70. The van der Waals surface area contributed by atoms with Crippen molar-refractivity contribution >= 4 is 11.8 Å². The molecule has 0 radical (unpaired) electrons. The van der Waals surface area contributed by atoms with Crippen LogP contribution in [0.25, 0.3) is 0 Å². The summed E-state index contributed by atoms with van der Waals surface area (Å²) in [5, 5.41) is 0. The van der Waals surface area contributed by atoms with Crippen molar-refractivity contribution in [2.75, 3.05) is 6.61 Å². The van der Waals surface area contributed by atoms with Crippen molar-refractivity contribution in [2.24, 2.45) is 5.41 Å². The monoisotopic (exact) mass is 248 g/mol. The Hall–Kier alpha value is -1.64. The minimum Gasteiger partial charge on any atom is -0.462 e. The van der Waals surface area contributed by atoms with E-state index in [1.807, 2.05) is 26.8 Å². The van der Waals surface area contributed by atoms with Crippen LogP contribution in [0.3, 0.4) is 0 Å². The fourth-order valence-corrected chi connectivity index (χ4v) is 1.43. The van der Waals surface area contributed by atoms with Gasteiger partial charge in [0, 0.05) is 11.8 Å². The molecule has 0 aliphatic carbocycles. The highest BCUT2D eigenvalue weighted by molar-refractivity contribution is 5.89. The van der Waals surface area contributed by atoms with Gasteiger partial charge in [-0.05, 0) is 18.6 Å². The Morgan fingerprint density at radius 2 is 1.72 bits per heavy atom. The molecule has 0 aliphatic rings. The molecule has 0 saturated carbocycles. The van der Waals surface area contributed by atoms with Crippen LogP contribution >= 0.6 is 0 Å². The maximum atomic E-state index is 11.6. The maximum Gasteiger partial charge on any atom is 0.338 e. The minimum atomic E-state index is -0.334. The molecule has 0 fully saturated rings. The van der Waals surface area contributed by atoms with E-state index in [-0.39, 0.29) is 23.8 Å². The first kappa shape index (κ1) is 14.4. The number of hydrogen-bond donors (Lipinski definition) is 0. The number of esters is 1. The summed E-state index contributed by atoms with van der Waals surface area (Å²) in [4.78, 5) is 23.2. The van der Waals surface area contributed by atoms with E-state index in [1.54, 1.807) is 24.3 Å². The summed E-state index contributed by atoms with van der Waals surface area (Å²) in [6.45, 7) is 5.97. The number of hydrogen-bond acceptors (Lipinski definition) is 3. The van der Waals surface area contributed by atoms with E-state index in [9.17, 15) is 9.59 Å². The summed E-state index contributed by atoms with van der Waals surface area (Å²) < 4.78 is 5.10. The van der Waals surface area contributed by atoms with Crippen LogP contribution in [0.1, 0.15) is 44.0 Å². The Kier molecular flexibility index (Phi) is 5.08. The molecule has 0 aromatic heterocycles. The molecule has 18 heavy (non-hydrogen) atoms. The maximum absolute atomic E-state index is 11.6. The number of rotatable bonds is 5. The van der Waals surface area contributed by atoms with Gasteiger partial charge in [0.25, 0.3) is 0 Å². The second-order valence-electron chi connectivity index (χ2n) is 5.28. The predicted octanol–water partition coefficient (Wildman–Crippen LogP) is 3.24. The van der Waals surface area contributed by atoms with Crippen LogP contribution in [0.2, 0.25) is 0 Å². The molecular weight excluding hydrogens is 228 g/mol. The lowest BCUT2D eigenvalue weighted by Gasteiger charge is -2.16. The van der Waals surface area contributed by atoms with E-state index in [0.717, 1.165) is 0 Å². The molecular formula is C15H20O3. The van der Waals surface area contributed by atoms with E-state index < -0.39 is 0 Å². The van der Waals surface area contributed by atoms with Crippen molar-refractivity contribution in [1.82, 2.24) is 0 Å². The van der Waals surface area contributed by atoms with Gasteiger partial charge in [0.1, 0.15) is 5.78 Å². The highest BCUT2D eigenvalue weighted by atomic mass is 16.5. The number of ketones is 1. The van der Waals surface area contributed by atoms with Gasteiger partial charge >= 0.3 is 5.97 Å². The summed E-state index contributed by atoms with van der Waals surface area (Å²) in [5.41, 5.74) is 0.225. The molecule has 3 nitrogen and oxygen atoms in total. The Morgan fingerprint density at radius 3 is 2.28 bits per heavy atom. The lowest BCUT2D eigenvalue weighted by molar-refractivity contribution is -0.126. The van der Waals surface area contributed by atoms with Crippen LogP contribution < -0.4 is 0 Å². The van der Waals surface area contributed by atoms with Gasteiger partial charge in [-0.25, -0.2) is 4.79 Å². The fraction of sp³-hybridized carbons (Fsp3) is 0.467. The fourth-order valence-electron chi connectivity index (χ4n) is 1.43. The van der Waals surface area contributed by atoms with Gasteiger partial charge < -0.3 is 4.74 Å². The third-order valence-corrected chi connectivity index (χ3v) is 2.63. The molecule has 0 heterocycles. The van der Waals surface area contributed by atoms with Crippen LogP contribution in [-0.2, 0) is 9.53 Å². The van der Waals surface area contributed by atoms with E-state index >= 15 is 0 Å². The zero-order valence-electron chi connectivity index (χ0n) is 11.2. The van der Waals surface area contributed by atoms with Crippen molar-refractivity contribution in [3.8, 4) is 0 Å². The minimum absolute atomic E-state index is 0.193. The Morgan fingerprint density at radius 1 is 1.11 bits per heavy atom. The SMILES string of the molecule is CC(C)(C)C(=O)CCCOC(=O)c1ccccc1. The van der Waals surface area contributed by atoms with Gasteiger partial charge in [-0.15, -0.1) is 0 Å². The van der Waals surface area contributed by atoms with Crippen molar-refractivity contribution < 1.29 is 14.3 Å². The van der Waals surface area contributed by atoms with Crippen molar-refractivity contribution in [3.05, 3.63) is 35.9 Å². The van der Waals surface area contributed by atoms with Crippen LogP contribution in [-0.4, -0.2) is 18.4 Å². The average Bonchev–Trinajstić information content (AvgIpc) is 2.34. The molecule has 1 aromatic carbocycles. The Balaban J connectivity index is 2.27. The smallest absolute Gasteiger partial charge is 0.338 e. The first-order valence-electron chi connectivity index (χ1n) is 6.17. The Bertz CT molecular complexity index is 401. The van der Waals surface area contributed by atoms with Crippen molar-refractivity contribution in [1.29, 1.82) is 0 Å². The quantitative estimate of drug-likeness (QED) is 0.593. The molecule has 1 aromatic rings. The molecule has 0 saturated heterocycles. The third-order valence-electron chi connectivity index (χ3n) is 2.63. The molecule has 3 heteroatoms. The average molecular weight is 248 g/mol. The number of carbonyl (C=O) groups excluding carboxylic acids is 2. The van der Waals surface area contributed by atoms with Gasteiger partial charge in [0.15, 0.2) is 0 Å². The van der Waals surface area contributed by atoms with E-state index in [4.69, 9.17) is 4.74 Å². The van der Waals surface area contributed by atoms with Crippen LogP contribution in [0.4, 0.5) is 0 Å². The zero-order valence-corrected chi connectivity index (χ0v) is 11.2. The van der Waals surface area contributed by atoms with E-state index in [0.29, 0.717) is 18.4 Å². The molecule has 0 spiro atoms. The summed E-state index contributed by atoms with van der Waals surface area (Å²) in [6.07, 6.45) is 1.03. The number of Topliss-reactive ketones (excluding diaryl/α,β-unsaturated/α-hetero) is 1. The van der Waals surface area contributed by atoms with Crippen molar-refractivity contribution in [3.63, 3.8) is 0 Å². The highest BCUT2D eigenvalue weighted by Gasteiger charge is 2.20. The molecule has 98 valence electrons. The molecule has 1 rings (SSSR count). The predicted molar refractivity (Wildman–Crippen MR) is 70.4 cm³/mol. The van der Waals surface area contributed by atoms with Gasteiger partial charge in [0.05, 0.1) is 12.2 Å². The largest absolute Gasteiger partial charge is 0.462 e. The second kappa shape index (κ2) is 6.34. The van der Waals surface area contributed by atoms with Gasteiger partial charge in [-0.1, -0.05) is 39.0 Å². The molecule has 0 N–H and O–H groups in total. The van der Waals surface area contributed by atoms with Crippen LogP contribution in [0.5, 0.6) is 0 Å². The van der Waals surface area contributed by atoms with Gasteiger partial charge in [-0.3, -0.25) is 4.79 Å². The lowest BCUT2D eigenvalue weighted by atomic mass is 9.88. The molecule has 0 aliphatic heterocycles. The molecule has 0 amide bonds. The van der Waals surface area contributed by atoms with E-state index in [1.165, 1.54) is 0 Å². The van der Waals surface area contributed by atoms with Crippen molar-refractivity contribution in [2.45, 2.75) is 33.6 Å². The van der Waals surface area contributed by atoms with Gasteiger partial charge in [0.2, 0.25) is 0 Å². The topological polar surface area (TPSA) is 43.4 Å². The zero-order chi connectivity index (χ0) is 13.6. The molecule has 0 unspecified atom stereocenters. The number of carbonyl (C=O) groups is 2. The summed E-state index contributed by atoms with van der Waals surface area (Å²) in [5.74, 6) is -0.142. The first-order valence-corrected chi connectivity index (χ1v) is 6.17. The molecule has 0 atom stereocenters. The summed E-state index contributed by atoms with van der Waals surface area (Å²) in [7, 11) is 0. The van der Waals surface area contributed by atoms with E-state index in [2.05, 4.69) is 0 Å². The van der Waals surface area contributed by atoms with Gasteiger partial charge in [-0.2, -0.15) is 0 Å². The molecule has 0 bridgehead atoms. The van der Waals surface area contributed by atoms with Crippen LogP contribution in [0.15, 0.2) is 30.3 Å². The highest BCUT2D eigenvalue weighted by Crippen LogP contribution is 2.17. The number of benzene rings is 1. The van der Waals surface area contributed by atoms with Crippen LogP contribution in [0, 0.1) is 5.41 Å². The number of ether oxygens (including phenoxy) is 1. The lowest BCUT2D eigenvalue weighted by Crippen LogP contribution is -2.20. The summed E-state index contributed by atoms with van der Waals surface area (Å²) in [6, 6.07) is 8.85. The normalized spacial score (nSPS) is 11.1. The second-order valence-corrected chi connectivity index (χ2v) is 5.28.